The highest BCUT2D eigenvalue weighted by Gasteiger charge is 2.32. The SMILES string of the molecule is COc1ccc(C2NCCS2(=O)=O)cc1C=O. The highest BCUT2D eigenvalue weighted by atomic mass is 32.2. The van der Waals surface area contributed by atoms with Crippen LogP contribution in [0.15, 0.2) is 18.2 Å². The van der Waals surface area contributed by atoms with Crippen LogP contribution in [0.2, 0.25) is 0 Å². The molecule has 0 radical (unpaired) electrons. The van der Waals surface area contributed by atoms with Crippen LogP contribution in [0.4, 0.5) is 0 Å². The second-order valence-corrected chi connectivity index (χ2v) is 6.03. The van der Waals surface area contributed by atoms with Crippen molar-refractivity contribution in [1.82, 2.24) is 5.32 Å². The zero-order valence-electron chi connectivity index (χ0n) is 9.34. The lowest BCUT2D eigenvalue weighted by Crippen LogP contribution is -2.18. The molecule has 1 heterocycles. The van der Waals surface area contributed by atoms with Gasteiger partial charge >= 0.3 is 0 Å². The van der Waals surface area contributed by atoms with E-state index in [1.807, 2.05) is 0 Å². The largest absolute Gasteiger partial charge is 0.496 e. The van der Waals surface area contributed by atoms with Crippen LogP contribution in [0.3, 0.4) is 0 Å². The normalized spacial score (nSPS) is 22.3. The molecule has 0 aliphatic carbocycles. The summed E-state index contributed by atoms with van der Waals surface area (Å²) in [5.74, 6) is 0.569. The standard InChI is InChI=1S/C11H13NO4S/c1-16-10-3-2-8(6-9(10)7-13)11-12-4-5-17(11,14)15/h2-3,6-7,11-12H,4-5H2,1H3. The predicted octanol–water partition coefficient (Wildman–Crippen LogP) is 0.524. The van der Waals surface area contributed by atoms with Gasteiger partial charge in [0.2, 0.25) is 0 Å². The van der Waals surface area contributed by atoms with Gasteiger partial charge < -0.3 is 4.74 Å². The summed E-state index contributed by atoms with van der Waals surface area (Å²) in [5, 5.41) is 2.19. The van der Waals surface area contributed by atoms with E-state index in [1.54, 1.807) is 18.2 Å². The van der Waals surface area contributed by atoms with Crippen LogP contribution < -0.4 is 10.1 Å². The van der Waals surface area contributed by atoms with E-state index in [1.165, 1.54) is 7.11 Å². The molecule has 1 aromatic carbocycles. The fourth-order valence-electron chi connectivity index (χ4n) is 1.91. The number of methoxy groups -OCH3 is 1. The lowest BCUT2D eigenvalue weighted by atomic mass is 10.1. The van der Waals surface area contributed by atoms with Crippen LogP contribution in [0.5, 0.6) is 5.75 Å². The number of benzene rings is 1. The van der Waals surface area contributed by atoms with E-state index >= 15 is 0 Å². The summed E-state index contributed by atoms with van der Waals surface area (Å²) in [7, 11) is -1.69. The van der Waals surface area contributed by atoms with Crippen molar-refractivity contribution in [2.75, 3.05) is 19.4 Å². The number of ether oxygens (including phenoxy) is 1. The second kappa shape index (κ2) is 4.46. The summed E-state index contributed by atoms with van der Waals surface area (Å²) in [4.78, 5) is 10.9. The molecule has 0 aromatic heterocycles. The highest BCUT2D eigenvalue weighted by molar-refractivity contribution is 7.91. The molecular weight excluding hydrogens is 242 g/mol. The van der Waals surface area contributed by atoms with Gasteiger partial charge in [-0.15, -0.1) is 0 Å². The molecule has 6 heteroatoms. The minimum Gasteiger partial charge on any atom is -0.496 e. The Labute approximate surface area is 99.7 Å². The third-order valence-corrected chi connectivity index (χ3v) is 4.69. The van der Waals surface area contributed by atoms with Crippen molar-refractivity contribution in [3.8, 4) is 5.75 Å². The van der Waals surface area contributed by atoms with Crippen molar-refractivity contribution >= 4 is 16.1 Å². The van der Waals surface area contributed by atoms with Crippen molar-refractivity contribution in [2.24, 2.45) is 0 Å². The number of carbonyl (C=O) groups excluding carboxylic acids is 1. The van der Waals surface area contributed by atoms with Gasteiger partial charge in [-0.1, -0.05) is 6.07 Å². The summed E-state index contributed by atoms with van der Waals surface area (Å²) < 4.78 is 28.5. The molecule has 92 valence electrons. The maximum atomic E-state index is 11.7. The van der Waals surface area contributed by atoms with Crippen LogP contribution in [-0.4, -0.2) is 34.1 Å². The predicted molar refractivity (Wildman–Crippen MR) is 62.9 cm³/mol. The minimum absolute atomic E-state index is 0.125. The Morgan fingerprint density at radius 1 is 1.47 bits per heavy atom. The van der Waals surface area contributed by atoms with E-state index in [0.29, 0.717) is 29.7 Å². The summed E-state index contributed by atoms with van der Waals surface area (Å²) in [6.07, 6.45) is 0.657. The summed E-state index contributed by atoms with van der Waals surface area (Å²) in [6.45, 7) is 0.440. The molecular formula is C11H13NO4S. The quantitative estimate of drug-likeness (QED) is 0.797. The first kappa shape index (κ1) is 12.1. The Morgan fingerprint density at radius 3 is 2.76 bits per heavy atom. The fraction of sp³-hybridized carbons (Fsp3) is 0.364. The van der Waals surface area contributed by atoms with Crippen LogP contribution in [-0.2, 0) is 9.84 Å². The Balaban J connectivity index is 2.44. The first-order chi connectivity index (χ1) is 8.08. The molecule has 2 rings (SSSR count). The molecule has 1 aliphatic rings. The number of hydrogen-bond acceptors (Lipinski definition) is 5. The second-order valence-electron chi connectivity index (χ2n) is 3.82. The van der Waals surface area contributed by atoms with Gasteiger partial charge in [-0.05, 0) is 17.7 Å². The monoisotopic (exact) mass is 255 g/mol. The van der Waals surface area contributed by atoms with Gasteiger partial charge in [0.15, 0.2) is 16.1 Å². The van der Waals surface area contributed by atoms with Crippen molar-refractivity contribution in [3.63, 3.8) is 0 Å². The Morgan fingerprint density at radius 2 is 2.24 bits per heavy atom. The molecule has 5 nitrogen and oxygen atoms in total. The van der Waals surface area contributed by atoms with Gasteiger partial charge in [0.1, 0.15) is 11.1 Å². The van der Waals surface area contributed by atoms with Crippen molar-refractivity contribution < 1.29 is 17.9 Å². The molecule has 1 saturated heterocycles. The van der Waals surface area contributed by atoms with E-state index < -0.39 is 15.2 Å². The molecule has 1 fully saturated rings. The van der Waals surface area contributed by atoms with Gasteiger partial charge in [-0.25, -0.2) is 8.42 Å². The minimum atomic E-state index is -3.15. The van der Waals surface area contributed by atoms with Gasteiger partial charge in [0.25, 0.3) is 0 Å². The number of carbonyl (C=O) groups is 1. The van der Waals surface area contributed by atoms with Gasteiger partial charge in [0, 0.05) is 6.54 Å². The van der Waals surface area contributed by atoms with E-state index in [-0.39, 0.29) is 5.75 Å². The third kappa shape index (κ3) is 2.18. The Bertz CT molecular complexity index is 538. The fourth-order valence-corrected chi connectivity index (χ4v) is 3.48. The van der Waals surface area contributed by atoms with Crippen LogP contribution in [0.25, 0.3) is 0 Å². The average molecular weight is 255 g/mol. The van der Waals surface area contributed by atoms with Gasteiger partial charge in [0.05, 0.1) is 18.4 Å². The number of sulfone groups is 1. The first-order valence-corrected chi connectivity index (χ1v) is 6.88. The highest BCUT2D eigenvalue weighted by Crippen LogP contribution is 2.27. The molecule has 17 heavy (non-hydrogen) atoms. The smallest absolute Gasteiger partial charge is 0.171 e. The third-order valence-electron chi connectivity index (χ3n) is 2.76. The molecule has 1 N–H and O–H groups in total. The van der Waals surface area contributed by atoms with E-state index in [9.17, 15) is 13.2 Å². The van der Waals surface area contributed by atoms with E-state index in [0.717, 1.165) is 0 Å². The Hall–Kier alpha value is -1.40. The molecule has 0 bridgehead atoms. The van der Waals surface area contributed by atoms with Gasteiger partial charge in [-0.3, -0.25) is 10.1 Å². The van der Waals surface area contributed by atoms with E-state index in [4.69, 9.17) is 4.74 Å². The summed E-state index contributed by atoms with van der Waals surface area (Å²) in [5.41, 5.74) is 0.930. The number of nitrogens with one attached hydrogen (secondary N) is 1. The first-order valence-electron chi connectivity index (χ1n) is 5.16. The van der Waals surface area contributed by atoms with Crippen molar-refractivity contribution in [2.45, 2.75) is 5.37 Å². The van der Waals surface area contributed by atoms with Crippen molar-refractivity contribution in [1.29, 1.82) is 0 Å². The van der Waals surface area contributed by atoms with E-state index in [2.05, 4.69) is 5.32 Å². The van der Waals surface area contributed by atoms with Crippen LogP contribution in [0.1, 0.15) is 21.3 Å². The van der Waals surface area contributed by atoms with Crippen molar-refractivity contribution in [3.05, 3.63) is 29.3 Å². The molecule has 1 aliphatic heterocycles. The Kier molecular flexibility index (Phi) is 3.17. The molecule has 0 amide bonds. The molecule has 0 spiro atoms. The average Bonchev–Trinajstić information content (AvgIpc) is 2.68. The maximum Gasteiger partial charge on any atom is 0.171 e. The molecule has 1 unspecified atom stereocenters. The molecule has 1 atom stereocenters. The lowest BCUT2D eigenvalue weighted by molar-refractivity contribution is 0.112. The zero-order valence-corrected chi connectivity index (χ0v) is 10.2. The number of hydrogen-bond donors (Lipinski definition) is 1. The lowest BCUT2D eigenvalue weighted by Gasteiger charge is -2.12. The summed E-state index contributed by atoms with van der Waals surface area (Å²) >= 11 is 0. The van der Waals surface area contributed by atoms with Gasteiger partial charge in [-0.2, -0.15) is 0 Å². The molecule has 0 saturated carbocycles. The number of rotatable bonds is 3. The number of aldehydes is 1. The maximum absolute atomic E-state index is 11.7. The van der Waals surface area contributed by atoms with Crippen LogP contribution in [0, 0.1) is 0 Å². The molecule has 1 aromatic rings. The van der Waals surface area contributed by atoms with Crippen LogP contribution >= 0.6 is 0 Å². The zero-order chi connectivity index (χ0) is 12.5. The topological polar surface area (TPSA) is 72.5 Å². The summed E-state index contributed by atoms with van der Waals surface area (Å²) in [6, 6.07) is 4.81.